The van der Waals surface area contributed by atoms with Crippen molar-refractivity contribution in [3.8, 4) is 0 Å². The van der Waals surface area contributed by atoms with Gasteiger partial charge in [-0.25, -0.2) is 4.98 Å². The maximum atomic E-state index is 11.6. The lowest BCUT2D eigenvalue weighted by molar-refractivity contribution is 0.0969. The third-order valence-corrected chi connectivity index (χ3v) is 2.13. The van der Waals surface area contributed by atoms with Crippen LogP contribution < -0.4 is 5.73 Å². The van der Waals surface area contributed by atoms with Crippen molar-refractivity contribution >= 4 is 16.8 Å². The van der Waals surface area contributed by atoms with Crippen molar-refractivity contribution < 1.29 is 4.79 Å². The molecule has 1 unspecified atom stereocenters. The largest absolute Gasteiger partial charge is 0.345 e. The van der Waals surface area contributed by atoms with E-state index in [0.717, 1.165) is 11.0 Å². The number of carbonyl (C=O) groups is 1. The van der Waals surface area contributed by atoms with Crippen LogP contribution >= 0.6 is 0 Å². The molecule has 0 radical (unpaired) electrons. The molecule has 2 heterocycles. The fraction of sp³-hybridized carbons (Fsp3) is 0.200. The highest BCUT2D eigenvalue weighted by molar-refractivity contribution is 6.09. The minimum atomic E-state index is -0.478. The number of hydrogen-bond acceptors (Lipinski definition) is 3. The number of carbonyl (C=O) groups excluding carboxylic acids is 1. The van der Waals surface area contributed by atoms with Crippen LogP contribution in [0.2, 0.25) is 0 Å². The summed E-state index contributed by atoms with van der Waals surface area (Å²) in [4.78, 5) is 18.7. The molecule has 0 spiro atoms. The molecule has 0 aliphatic carbocycles. The first-order valence-corrected chi connectivity index (χ1v) is 4.42. The highest BCUT2D eigenvalue weighted by atomic mass is 16.1. The summed E-state index contributed by atoms with van der Waals surface area (Å²) >= 11 is 0. The number of ketones is 1. The summed E-state index contributed by atoms with van der Waals surface area (Å²) in [5.41, 5.74) is 6.87. The molecule has 3 N–H and O–H groups in total. The van der Waals surface area contributed by atoms with Gasteiger partial charge in [0.15, 0.2) is 5.78 Å². The predicted molar refractivity (Wildman–Crippen MR) is 54.1 cm³/mol. The number of fused-ring (bicyclic) bond motifs is 1. The third kappa shape index (κ3) is 1.29. The van der Waals surface area contributed by atoms with E-state index >= 15 is 0 Å². The summed E-state index contributed by atoms with van der Waals surface area (Å²) in [6.07, 6.45) is 3.34. The second-order valence-corrected chi connectivity index (χ2v) is 3.25. The molecule has 0 aliphatic heterocycles. The molecule has 0 aliphatic rings. The van der Waals surface area contributed by atoms with Gasteiger partial charge >= 0.3 is 0 Å². The quantitative estimate of drug-likeness (QED) is 0.695. The number of hydrogen-bond donors (Lipinski definition) is 2. The van der Waals surface area contributed by atoms with Crippen LogP contribution in [0.1, 0.15) is 17.3 Å². The lowest BCUT2D eigenvalue weighted by Crippen LogP contribution is -2.26. The maximum Gasteiger partial charge on any atom is 0.181 e. The summed E-state index contributed by atoms with van der Waals surface area (Å²) in [7, 11) is 0. The molecule has 4 heteroatoms. The lowest BCUT2D eigenvalue weighted by Gasteiger charge is -2.01. The fourth-order valence-electron chi connectivity index (χ4n) is 1.41. The summed E-state index contributed by atoms with van der Waals surface area (Å²) < 4.78 is 0. The van der Waals surface area contributed by atoms with E-state index < -0.39 is 6.04 Å². The SMILES string of the molecule is CC(N)C(=O)c1c[nH]c2ncccc12. The Bertz CT molecular complexity index is 473. The Labute approximate surface area is 81.1 Å². The van der Waals surface area contributed by atoms with Crippen LogP contribution in [-0.2, 0) is 0 Å². The number of nitrogens with two attached hydrogens (primary N) is 1. The van der Waals surface area contributed by atoms with E-state index in [9.17, 15) is 4.79 Å². The molecule has 0 fully saturated rings. The molecule has 1 atom stereocenters. The van der Waals surface area contributed by atoms with E-state index in [4.69, 9.17) is 5.73 Å². The van der Waals surface area contributed by atoms with Gasteiger partial charge in [0.1, 0.15) is 5.65 Å². The summed E-state index contributed by atoms with van der Waals surface area (Å²) in [5, 5.41) is 0.829. The molecule has 2 aromatic rings. The maximum absolute atomic E-state index is 11.6. The minimum Gasteiger partial charge on any atom is -0.345 e. The zero-order chi connectivity index (χ0) is 10.1. The van der Waals surface area contributed by atoms with Crippen LogP contribution in [0, 0.1) is 0 Å². The zero-order valence-electron chi connectivity index (χ0n) is 7.82. The van der Waals surface area contributed by atoms with Crippen LogP contribution in [0.3, 0.4) is 0 Å². The Morgan fingerprint density at radius 3 is 3.14 bits per heavy atom. The number of H-pyrrole nitrogens is 1. The molecular formula is C10H11N3O. The molecule has 2 rings (SSSR count). The number of pyridine rings is 1. The summed E-state index contributed by atoms with van der Waals surface area (Å²) in [6, 6.07) is 3.18. The summed E-state index contributed by atoms with van der Waals surface area (Å²) in [6.45, 7) is 1.68. The zero-order valence-corrected chi connectivity index (χ0v) is 7.82. The fourth-order valence-corrected chi connectivity index (χ4v) is 1.41. The Morgan fingerprint density at radius 1 is 1.64 bits per heavy atom. The van der Waals surface area contributed by atoms with E-state index in [1.165, 1.54) is 0 Å². The molecule has 0 saturated heterocycles. The number of nitrogens with one attached hydrogen (secondary N) is 1. The van der Waals surface area contributed by atoms with Gasteiger partial charge in [-0.05, 0) is 19.1 Å². The standard InChI is InChI=1S/C10H11N3O/c1-6(11)9(14)8-5-13-10-7(8)3-2-4-12-10/h2-6H,11H2,1H3,(H,12,13). The predicted octanol–water partition coefficient (Wildman–Crippen LogP) is 1.09. The first kappa shape index (κ1) is 8.90. The highest BCUT2D eigenvalue weighted by Crippen LogP contribution is 2.16. The first-order valence-electron chi connectivity index (χ1n) is 4.42. The number of aromatic amines is 1. The molecule has 0 amide bonds. The van der Waals surface area contributed by atoms with Crippen LogP contribution in [0.15, 0.2) is 24.5 Å². The van der Waals surface area contributed by atoms with Crippen LogP contribution in [-0.4, -0.2) is 21.8 Å². The second kappa shape index (κ2) is 3.23. The number of rotatable bonds is 2. The first-order chi connectivity index (χ1) is 6.70. The van der Waals surface area contributed by atoms with Crippen molar-refractivity contribution in [2.45, 2.75) is 13.0 Å². The molecule has 2 aromatic heterocycles. The number of Topliss-reactive ketones (excluding diaryl/α,β-unsaturated/α-hetero) is 1. The Kier molecular flexibility index (Phi) is 2.05. The number of nitrogens with zero attached hydrogens (tertiary/aromatic N) is 1. The molecular weight excluding hydrogens is 178 g/mol. The molecule has 4 nitrogen and oxygen atoms in total. The van der Waals surface area contributed by atoms with Gasteiger partial charge in [-0.15, -0.1) is 0 Å². The molecule has 14 heavy (non-hydrogen) atoms. The van der Waals surface area contributed by atoms with Gasteiger partial charge in [0, 0.05) is 23.3 Å². The van der Waals surface area contributed by atoms with E-state index in [-0.39, 0.29) is 5.78 Å². The normalized spacial score (nSPS) is 13.0. The Morgan fingerprint density at radius 2 is 2.43 bits per heavy atom. The number of aromatic nitrogens is 2. The van der Waals surface area contributed by atoms with Crippen molar-refractivity contribution in [3.05, 3.63) is 30.1 Å². The lowest BCUT2D eigenvalue weighted by atomic mass is 10.1. The topological polar surface area (TPSA) is 71.8 Å². The van der Waals surface area contributed by atoms with Crippen molar-refractivity contribution in [1.82, 2.24) is 9.97 Å². The van der Waals surface area contributed by atoms with Gasteiger partial charge in [-0.1, -0.05) is 0 Å². The van der Waals surface area contributed by atoms with E-state index in [1.54, 1.807) is 25.4 Å². The van der Waals surface area contributed by atoms with Crippen molar-refractivity contribution in [2.75, 3.05) is 0 Å². The van der Waals surface area contributed by atoms with Crippen molar-refractivity contribution in [3.63, 3.8) is 0 Å². The Balaban J connectivity index is 2.58. The second-order valence-electron chi connectivity index (χ2n) is 3.25. The van der Waals surface area contributed by atoms with Gasteiger partial charge in [0.25, 0.3) is 0 Å². The van der Waals surface area contributed by atoms with Crippen molar-refractivity contribution in [2.24, 2.45) is 5.73 Å². The van der Waals surface area contributed by atoms with E-state index in [1.807, 2.05) is 6.07 Å². The average molecular weight is 189 g/mol. The van der Waals surface area contributed by atoms with Crippen LogP contribution in [0.25, 0.3) is 11.0 Å². The van der Waals surface area contributed by atoms with E-state index in [2.05, 4.69) is 9.97 Å². The van der Waals surface area contributed by atoms with Gasteiger partial charge in [-0.3, -0.25) is 4.79 Å². The molecule has 0 aromatic carbocycles. The van der Waals surface area contributed by atoms with Crippen LogP contribution in [0.4, 0.5) is 0 Å². The monoisotopic (exact) mass is 189 g/mol. The van der Waals surface area contributed by atoms with Crippen molar-refractivity contribution in [1.29, 1.82) is 0 Å². The van der Waals surface area contributed by atoms with Gasteiger partial charge < -0.3 is 10.7 Å². The molecule has 0 bridgehead atoms. The highest BCUT2D eigenvalue weighted by Gasteiger charge is 2.15. The minimum absolute atomic E-state index is 0.0655. The molecule has 72 valence electrons. The smallest absolute Gasteiger partial charge is 0.181 e. The van der Waals surface area contributed by atoms with E-state index in [0.29, 0.717) is 5.56 Å². The molecule has 0 saturated carbocycles. The Hall–Kier alpha value is -1.68. The van der Waals surface area contributed by atoms with Gasteiger partial charge in [0.05, 0.1) is 6.04 Å². The third-order valence-electron chi connectivity index (χ3n) is 2.13. The average Bonchev–Trinajstić information content (AvgIpc) is 2.60. The summed E-state index contributed by atoms with van der Waals surface area (Å²) in [5.74, 6) is -0.0655. The van der Waals surface area contributed by atoms with Gasteiger partial charge in [0.2, 0.25) is 0 Å². The van der Waals surface area contributed by atoms with Crippen LogP contribution in [0.5, 0.6) is 0 Å². The van der Waals surface area contributed by atoms with Gasteiger partial charge in [-0.2, -0.15) is 0 Å².